The molecule has 1 saturated heterocycles. The first-order valence-corrected chi connectivity index (χ1v) is 6.11. The molecule has 2 rings (SSSR count). The zero-order valence-electron chi connectivity index (χ0n) is 9.35. The molecule has 0 aromatic carbocycles. The summed E-state index contributed by atoms with van der Waals surface area (Å²) in [6, 6.07) is 0. The molecule has 0 aromatic rings. The fraction of sp³-hybridized carbons (Fsp3) is 1.00. The molecule has 2 heteroatoms. The van der Waals surface area contributed by atoms with Crippen LogP contribution in [-0.4, -0.2) is 25.3 Å². The summed E-state index contributed by atoms with van der Waals surface area (Å²) < 4.78 is 5.54. The predicted octanol–water partition coefficient (Wildman–Crippen LogP) is 2.34. The van der Waals surface area contributed by atoms with Crippen LogP contribution in [0.4, 0.5) is 0 Å². The molecule has 2 aliphatic rings. The number of rotatable bonds is 3. The number of nitrogens with one attached hydrogen (secondary N) is 1. The van der Waals surface area contributed by atoms with Crippen LogP contribution in [0.2, 0.25) is 0 Å². The highest BCUT2D eigenvalue weighted by Gasteiger charge is 2.28. The van der Waals surface area contributed by atoms with Crippen molar-refractivity contribution in [3.63, 3.8) is 0 Å². The van der Waals surface area contributed by atoms with Gasteiger partial charge in [0, 0.05) is 12.1 Å². The Morgan fingerprint density at radius 3 is 2.79 bits per heavy atom. The molecule has 2 fully saturated rings. The highest BCUT2D eigenvalue weighted by Crippen LogP contribution is 2.31. The van der Waals surface area contributed by atoms with Crippen molar-refractivity contribution in [3.05, 3.63) is 0 Å². The summed E-state index contributed by atoms with van der Waals surface area (Å²) in [4.78, 5) is 0. The highest BCUT2D eigenvalue weighted by atomic mass is 16.5. The van der Waals surface area contributed by atoms with Gasteiger partial charge in [-0.2, -0.15) is 0 Å². The van der Waals surface area contributed by atoms with E-state index in [0.717, 1.165) is 25.7 Å². The van der Waals surface area contributed by atoms with E-state index in [1.54, 1.807) is 0 Å². The Bertz CT molecular complexity index is 169. The van der Waals surface area contributed by atoms with Gasteiger partial charge in [-0.1, -0.05) is 25.7 Å². The van der Waals surface area contributed by atoms with Gasteiger partial charge in [0.25, 0.3) is 0 Å². The van der Waals surface area contributed by atoms with Gasteiger partial charge in [-0.05, 0) is 25.7 Å². The van der Waals surface area contributed by atoms with E-state index >= 15 is 0 Å². The molecule has 1 unspecified atom stereocenters. The van der Waals surface area contributed by atoms with Crippen LogP contribution in [0.5, 0.6) is 0 Å². The van der Waals surface area contributed by atoms with Crippen molar-refractivity contribution >= 4 is 0 Å². The molecule has 0 aromatic heterocycles. The SMILES string of the molecule is CC1(CCC2CCCC2)COCCN1. The lowest BCUT2D eigenvalue weighted by Crippen LogP contribution is -2.52. The van der Waals surface area contributed by atoms with E-state index in [1.165, 1.54) is 38.5 Å². The zero-order chi connectivity index (χ0) is 9.86. The maximum absolute atomic E-state index is 5.54. The van der Waals surface area contributed by atoms with E-state index in [4.69, 9.17) is 4.74 Å². The highest BCUT2D eigenvalue weighted by molar-refractivity contribution is 4.86. The lowest BCUT2D eigenvalue weighted by molar-refractivity contribution is 0.0289. The summed E-state index contributed by atoms with van der Waals surface area (Å²) in [5.74, 6) is 1.01. The summed E-state index contributed by atoms with van der Waals surface area (Å²) in [7, 11) is 0. The third kappa shape index (κ3) is 2.71. The number of morpholine rings is 1. The van der Waals surface area contributed by atoms with Crippen molar-refractivity contribution in [2.75, 3.05) is 19.8 Å². The molecule has 82 valence electrons. The quantitative estimate of drug-likeness (QED) is 0.750. The van der Waals surface area contributed by atoms with Crippen LogP contribution in [0.1, 0.15) is 45.4 Å². The van der Waals surface area contributed by atoms with Crippen molar-refractivity contribution in [1.29, 1.82) is 0 Å². The minimum atomic E-state index is 0.265. The molecular formula is C12H23NO. The summed E-state index contributed by atoms with van der Waals surface area (Å²) in [5, 5.41) is 3.59. The Morgan fingerprint density at radius 1 is 1.36 bits per heavy atom. The Hall–Kier alpha value is -0.0800. The minimum Gasteiger partial charge on any atom is -0.378 e. The van der Waals surface area contributed by atoms with Crippen LogP contribution in [0.15, 0.2) is 0 Å². The van der Waals surface area contributed by atoms with Gasteiger partial charge in [0.1, 0.15) is 0 Å². The van der Waals surface area contributed by atoms with Gasteiger partial charge < -0.3 is 10.1 Å². The van der Waals surface area contributed by atoms with Gasteiger partial charge in [0.2, 0.25) is 0 Å². The topological polar surface area (TPSA) is 21.3 Å². The first kappa shape index (κ1) is 10.4. The van der Waals surface area contributed by atoms with Gasteiger partial charge in [0.15, 0.2) is 0 Å². The second-order valence-corrected chi connectivity index (χ2v) is 5.23. The second kappa shape index (κ2) is 4.63. The molecule has 0 spiro atoms. The third-order valence-corrected chi connectivity index (χ3v) is 3.80. The van der Waals surface area contributed by atoms with Crippen LogP contribution in [0.3, 0.4) is 0 Å². The minimum absolute atomic E-state index is 0.265. The van der Waals surface area contributed by atoms with E-state index in [0.29, 0.717) is 0 Å². The van der Waals surface area contributed by atoms with E-state index in [9.17, 15) is 0 Å². The zero-order valence-corrected chi connectivity index (χ0v) is 9.35. The molecule has 1 aliphatic heterocycles. The van der Waals surface area contributed by atoms with E-state index < -0.39 is 0 Å². The van der Waals surface area contributed by atoms with Gasteiger partial charge in [-0.15, -0.1) is 0 Å². The second-order valence-electron chi connectivity index (χ2n) is 5.23. The van der Waals surface area contributed by atoms with E-state index in [1.807, 2.05) is 0 Å². The summed E-state index contributed by atoms with van der Waals surface area (Å²) in [5.41, 5.74) is 0.265. The Labute approximate surface area is 87.4 Å². The van der Waals surface area contributed by atoms with Crippen molar-refractivity contribution in [2.24, 2.45) is 5.92 Å². The van der Waals surface area contributed by atoms with Crippen molar-refractivity contribution in [3.8, 4) is 0 Å². The third-order valence-electron chi connectivity index (χ3n) is 3.80. The first-order chi connectivity index (χ1) is 6.79. The maximum Gasteiger partial charge on any atom is 0.0646 e. The van der Waals surface area contributed by atoms with Gasteiger partial charge in [0.05, 0.1) is 13.2 Å². The van der Waals surface area contributed by atoms with Crippen molar-refractivity contribution in [2.45, 2.75) is 51.0 Å². The largest absolute Gasteiger partial charge is 0.378 e. The molecule has 0 bridgehead atoms. The van der Waals surface area contributed by atoms with Crippen molar-refractivity contribution < 1.29 is 4.74 Å². The van der Waals surface area contributed by atoms with E-state index in [2.05, 4.69) is 12.2 Å². The van der Waals surface area contributed by atoms with Crippen LogP contribution in [0, 0.1) is 5.92 Å². The normalized spacial score (nSPS) is 34.9. The molecule has 0 radical (unpaired) electrons. The van der Waals surface area contributed by atoms with Crippen LogP contribution in [0.25, 0.3) is 0 Å². The van der Waals surface area contributed by atoms with E-state index in [-0.39, 0.29) is 5.54 Å². The molecule has 0 amide bonds. The standard InChI is InChI=1S/C12H23NO/c1-12(10-14-9-8-13-12)7-6-11-4-2-3-5-11/h11,13H,2-10H2,1H3. The Balaban J connectivity index is 1.72. The number of hydrogen-bond acceptors (Lipinski definition) is 2. The fourth-order valence-electron chi connectivity index (χ4n) is 2.76. The summed E-state index contributed by atoms with van der Waals surface area (Å²) in [6.07, 6.45) is 8.55. The fourth-order valence-corrected chi connectivity index (χ4v) is 2.76. The Kier molecular flexibility index (Phi) is 3.45. The molecule has 1 heterocycles. The van der Waals surface area contributed by atoms with Crippen LogP contribution in [-0.2, 0) is 4.74 Å². The molecule has 1 aliphatic carbocycles. The summed E-state index contributed by atoms with van der Waals surface area (Å²) >= 11 is 0. The molecular weight excluding hydrogens is 174 g/mol. The average Bonchev–Trinajstić information content (AvgIpc) is 2.69. The average molecular weight is 197 g/mol. The van der Waals surface area contributed by atoms with Gasteiger partial charge in [-0.3, -0.25) is 0 Å². The monoisotopic (exact) mass is 197 g/mol. The van der Waals surface area contributed by atoms with Crippen LogP contribution < -0.4 is 5.32 Å². The molecule has 1 atom stereocenters. The lowest BCUT2D eigenvalue weighted by atomic mass is 9.90. The lowest BCUT2D eigenvalue weighted by Gasteiger charge is -2.35. The number of ether oxygens (including phenoxy) is 1. The molecule has 2 nitrogen and oxygen atoms in total. The molecule has 1 N–H and O–H groups in total. The maximum atomic E-state index is 5.54. The number of hydrogen-bond donors (Lipinski definition) is 1. The molecule has 14 heavy (non-hydrogen) atoms. The van der Waals surface area contributed by atoms with Gasteiger partial charge in [-0.25, -0.2) is 0 Å². The van der Waals surface area contributed by atoms with Gasteiger partial charge >= 0.3 is 0 Å². The Morgan fingerprint density at radius 2 is 2.14 bits per heavy atom. The molecule has 1 saturated carbocycles. The van der Waals surface area contributed by atoms with Crippen molar-refractivity contribution in [1.82, 2.24) is 5.32 Å². The smallest absolute Gasteiger partial charge is 0.0646 e. The summed E-state index contributed by atoms with van der Waals surface area (Å²) in [6.45, 7) is 5.13. The predicted molar refractivity (Wildman–Crippen MR) is 58.4 cm³/mol. The van der Waals surface area contributed by atoms with Crippen LogP contribution >= 0.6 is 0 Å². The first-order valence-electron chi connectivity index (χ1n) is 6.11.